The SMILES string of the molecule is CC(=O)O.COc1cc(C(Nc2ccc(C(=N)N)cc2)c2nn(-c3ncccn3)c(=O)[nH]2)cc(CC#N)c1F. The van der Waals surface area contributed by atoms with Crippen LogP contribution in [-0.4, -0.2) is 48.8 Å². The van der Waals surface area contributed by atoms with Gasteiger partial charge < -0.3 is 20.9 Å². The van der Waals surface area contributed by atoms with Crippen molar-refractivity contribution in [1.29, 1.82) is 10.7 Å². The molecule has 4 aromatic rings. The molecule has 1 unspecified atom stereocenters. The average Bonchev–Trinajstić information content (AvgIpc) is 3.30. The van der Waals surface area contributed by atoms with Gasteiger partial charge in [-0.1, -0.05) is 0 Å². The van der Waals surface area contributed by atoms with E-state index in [-0.39, 0.29) is 35.3 Å². The van der Waals surface area contributed by atoms with Crippen LogP contribution in [0, 0.1) is 22.6 Å². The number of halogens is 1. The van der Waals surface area contributed by atoms with Crippen molar-refractivity contribution in [3.63, 3.8) is 0 Å². The van der Waals surface area contributed by atoms with Crippen molar-refractivity contribution in [2.75, 3.05) is 12.4 Å². The zero-order valence-electron chi connectivity index (χ0n) is 20.8. The molecule has 0 aliphatic heterocycles. The molecule has 2 aromatic heterocycles. The van der Waals surface area contributed by atoms with Crippen molar-refractivity contribution in [2.24, 2.45) is 5.73 Å². The van der Waals surface area contributed by atoms with E-state index in [1.807, 2.05) is 6.07 Å². The molecule has 13 nitrogen and oxygen atoms in total. The molecule has 1 atom stereocenters. The first-order valence-electron chi connectivity index (χ1n) is 11.2. The van der Waals surface area contributed by atoms with Crippen LogP contribution in [0.2, 0.25) is 0 Å². The topological polar surface area (TPSA) is 209 Å². The maximum Gasteiger partial charge on any atom is 0.350 e. The highest BCUT2D eigenvalue weighted by atomic mass is 19.1. The van der Waals surface area contributed by atoms with E-state index < -0.39 is 23.5 Å². The number of nitrogens with two attached hydrogens (primary N) is 1. The van der Waals surface area contributed by atoms with Gasteiger partial charge in [-0.05, 0) is 48.0 Å². The van der Waals surface area contributed by atoms with Crippen molar-refractivity contribution in [2.45, 2.75) is 19.4 Å². The predicted molar refractivity (Wildman–Crippen MR) is 138 cm³/mol. The molecule has 0 aliphatic carbocycles. The summed E-state index contributed by atoms with van der Waals surface area (Å²) in [6, 6.07) is 12.5. The lowest BCUT2D eigenvalue weighted by molar-refractivity contribution is -0.134. The second-order valence-electron chi connectivity index (χ2n) is 7.89. The first-order valence-corrected chi connectivity index (χ1v) is 11.2. The number of hydrogen-bond acceptors (Lipinski definition) is 9. The molecule has 200 valence electrons. The van der Waals surface area contributed by atoms with Crippen LogP contribution in [0.15, 0.2) is 59.7 Å². The number of rotatable bonds is 8. The van der Waals surface area contributed by atoms with Gasteiger partial charge in [0.1, 0.15) is 11.9 Å². The largest absolute Gasteiger partial charge is 0.494 e. The number of H-pyrrole nitrogens is 1. The summed E-state index contributed by atoms with van der Waals surface area (Å²) >= 11 is 0. The fraction of sp³-hybridized carbons (Fsp3) is 0.160. The lowest BCUT2D eigenvalue weighted by atomic mass is 10.00. The van der Waals surface area contributed by atoms with Gasteiger partial charge in [0.15, 0.2) is 17.4 Å². The van der Waals surface area contributed by atoms with Crippen LogP contribution in [0.3, 0.4) is 0 Å². The van der Waals surface area contributed by atoms with Gasteiger partial charge in [-0.2, -0.15) is 5.26 Å². The monoisotopic (exact) mass is 533 g/mol. The maximum absolute atomic E-state index is 14.7. The summed E-state index contributed by atoms with van der Waals surface area (Å²) in [6.07, 6.45) is 2.78. The second kappa shape index (κ2) is 12.6. The quantitative estimate of drug-likeness (QED) is 0.165. The molecule has 0 bridgehead atoms. The average molecular weight is 534 g/mol. The van der Waals surface area contributed by atoms with Gasteiger partial charge in [0.25, 0.3) is 11.9 Å². The van der Waals surface area contributed by atoms with Gasteiger partial charge in [-0.3, -0.25) is 15.2 Å². The number of aromatic nitrogens is 5. The van der Waals surface area contributed by atoms with Crippen molar-refractivity contribution < 1.29 is 19.0 Å². The normalized spacial score (nSPS) is 10.9. The summed E-state index contributed by atoms with van der Waals surface area (Å²) in [5, 5.41) is 31.7. The highest BCUT2D eigenvalue weighted by Crippen LogP contribution is 2.31. The fourth-order valence-electron chi connectivity index (χ4n) is 3.44. The van der Waals surface area contributed by atoms with Crippen molar-refractivity contribution >= 4 is 17.5 Å². The number of nitriles is 1. The van der Waals surface area contributed by atoms with Crippen LogP contribution in [0.5, 0.6) is 5.75 Å². The van der Waals surface area contributed by atoms with Gasteiger partial charge in [-0.15, -0.1) is 9.78 Å². The third-order valence-corrected chi connectivity index (χ3v) is 5.12. The Morgan fingerprint density at radius 2 is 1.95 bits per heavy atom. The van der Waals surface area contributed by atoms with Gasteiger partial charge in [-0.25, -0.2) is 19.2 Å². The van der Waals surface area contributed by atoms with Crippen molar-refractivity contribution in [1.82, 2.24) is 24.7 Å². The standard InChI is InChI=1S/C23H20FN9O2.C2H4O2/c1-35-17-12-15(11-14(7-8-25)18(17)24)19(30-16-5-3-13(4-6-16)20(26)27)21-31-23(34)33(32-21)22-28-9-2-10-29-22;1-2(3)4/h2-6,9-12,19,30H,7H2,1H3,(H3,26,27)(H,31,32,34);1H3,(H,3,4). The Morgan fingerprint density at radius 3 is 2.51 bits per heavy atom. The predicted octanol–water partition coefficient (Wildman–Crippen LogP) is 2.14. The highest BCUT2D eigenvalue weighted by molar-refractivity contribution is 5.95. The van der Waals surface area contributed by atoms with Crippen LogP contribution in [0.25, 0.3) is 5.95 Å². The van der Waals surface area contributed by atoms with Crippen LogP contribution in [0.4, 0.5) is 10.1 Å². The third-order valence-electron chi connectivity index (χ3n) is 5.12. The van der Waals surface area contributed by atoms with Gasteiger partial charge in [0.05, 0.1) is 19.6 Å². The Bertz CT molecular complexity index is 1560. The van der Waals surface area contributed by atoms with E-state index in [2.05, 4.69) is 25.4 Å². The van der Waals surface area contributed by atoms with E-state index in [1.165, 1.54) is 31.6 Å². The molecular weight excluding hydrogens is 509 g/mol. The summed E-state index contributed by atoms with van der Waals surface area (Å²) in [4.78, 5) is 32.5. The molecule has 0 saturated heterocycles. The smallest absolute Gasteiger partial charge is 0.350 e. The van der Waals surface area contributed by atoms with Gasteiger partial charge in [0, 0.05) is 36.1 Å². The Balaban J connectivity index is 0.000000983. The van der Waals surface area contributed by atoms with Crippen LogP contribution in [0.1, 0.15) is 35.5 Å². The van der Waals surface area contributed by atoms with Crippen LogP contribution in [-0.2, 0) is 11.2 Å². The first-order chi connectivity index (χ1) is 18.6. The Kier molecular flexibility index (Phi) is 9.04. The summed E-state index contributed by atoms with van der Waals surface area (Å²) in [7, 11) is 1.32. The molecule has 0 spiro atoms. The lowest BCUT2D eigenvalue weighted by Crippen LogP contribution is -2.18. The van der Waals surface area contributed by atoms with Gasteiger partial charge in [0.2, 0.25) is 0 Å². The number of nitrogens with zero attached hydrogens (tertiary/aromatic N) is 5. The molecule has 39 heavy (non-hydrogen) atoms. The molecule has 0 amide bonds. The van der Waals surface area contributed by atoms with E-state index >= 15 is 0 Å². The molecule has 0 radical (unpaired) electrons. The number of carbonyl (C=O) groups is 1. The Hall–Kier alpha value is -5.58. The minimum absolute atomic E-state index is 0.0559. The number of amidine groups is 1. The number of carboxylic acids is 1. The molecule has 14 heteroatoms. The minimum Gasteiger partial charge on any atom is -0.494 e. The third kappa shape index (κ3) is 7.01. The van der Waals surface area contributed by atoms with E-state index in [9.17, 15) is 9.18 Å². The fourth-order valence-corrected chi connectivity index (χ4v) is 3.44. The highest BCUT2D eigenvalue weighted by Gasteiger charge is 2.24. The Labute approximate surface area is 221 Å². The number of anilines is 1. The minimum atomic E-state index is -0.833. The van der Waals surface area contributed by atoms with Crippen LogP contribution >= 0.6 is 0 Å². The summed E-state index contributed by atoms with van der Waals surface area (Å²) < 4.78 is 20.9. The number of methoxy groups -OCH3 is 1. The zero-order chi connectivity index (χ0) is 28.5. The van der Waals surface area contributed by atoms with Crippen molar-refractivity contribution in [3.8, 4) is 17.8 Å². The molecule has 4 rings (SSSR count). The number of aromatic amines is 1. The number of ether oxygens (including phenoxy) is 1. The molecule has 6 N–H and O–H groups in total. The number of aliphatic carboxylic acids is 1. The van der Waals surface area contributed by atoms with E-state index in [4.69, 9.17) is 31.0 Å². The molecule has 0 fully saturated rings. The molecular formula is C25H24FN9O4. The molecule has 0 aliphatic rings. The number of hydrogen-bond donors (Lipinski definition) is 5. The van der Waals surface area contributed by atoms with Crippen LogP contribution < -0.4 is 21.5 Å². The zero-order valence-corrected chi connectivity index (χ0v) is 20.8. The Morgan fingerprint density at radius 1 is 1.31 bits per heavy atom. The summed E-state index contributed by atoms with van der Waals surface area (Å²) in [6.45, 7) is 1.08. The number of nitrogen functional groups attached to an aromatic ring is 1. The lowest BCUT2D eigenvalue weighted by Gasteiger charge is -2.20. The molecule has 2 aromatic carbocycles. The van der Waals surface area contributed by atoms with E-state index in [1.54, 1.807) is 30.3 Å². The number of benzene rings is 2. The number of nitrogens with one attached hydrogen (secondary N) is 3. The van der Waals surface area contributed by atoms with Gasteiger partial charge >= 0.3 is 5.69 Å². The number of carboxylic acid groups (broad SMARTS) is 1. The molecule has 2 heterocycles. The second-order valence-corrected chi connectivity index (χ2v) is 7.89. The van der Waals surface area contributed by atoms with E-state index in [0.717, 1.165) is 11.6 Å². The summed E-state index contributed by atoms with van der Waals surface area (Å²) in [5.41, 5.74) is 6.72. The molecule has 0 saturated carbocycles. The van der Waals surface area contributed by atoms with E-state index in [0.29, 0.717) is 16.8 Å². The maximum atomic E-state index is 14.7. The first kappa shape index (κ1) is 28.0. The summed E-state index contributed by atoms with van der Waals surface area (Å²) in [5.74, 6) is -1.34. The van der Waals surface area contributed by atoms with Crippen molar-refractivity contribution in [3.05, 3.63) is 93.7 Å².